The number of piperazine rings is 1. The van der Waals surface area contributed by atoms with Gasteiger partial charge in [-0.1, -0.05) is 0 Å². The van der Waals surface area contributed by atoms with Crippen LogP contribution in [0.1, 0.15) is 19.3 Å². The third-order valence-electron chi connectivity index (χ3n) is 4.11. The Kier molecular flexibility index (Phi) is 3.53. The zero-order chi connectivity index (χ0) is 15.0. The first-order chi connectivity index (χ1) is 10.1. The number of fused-ring (bicyclic) bond motifs is 1. The smallest absolute Gasteiger partial charge is 0.250 e. The summed E-state index contributed by atoms with van der Waals surface area (Å²) in [6.45, 7) is 0.653. The Labute approximate surface area is 122 Å². The molecule has 2 heterocycles. The lowest BCUT2D eigenvalue weighted by Gasteiger charge is -2.42. The molecular formula is C15H17FN2O3. The Morgan fingerprint density at radius 2 is 2.10 bits per heavy atom. The molecule has 2 aliphatic rings. The number of piperidine rings is 1. The topological polar surface area (TPSA) is 49.9 Å². The van der Waals surface area contributed by atoms with Gasteiger partial charge in [-0.15, -0.1) is 0 Å². The summed E-state index contributed by atoms with van der Waals surface area (Å²) in [6.07, 6.45) is 2.58. The lowest BCUT2D eigenvalue weighted by molar-refractivity contribution is -0.144. The Morgan fingerprint density at radius 3 is 2.86 bits per heavy atom. The van der Waals surface area contributed by atoms with Crippen molar-refractivity contribution in [3.63, 3.8) is 0 Å². The number of carbonyl (C=O) groups excluding carboxylic acids is 2. The van der Waals surface area contributed by atoms with Crippen LogP contribution in [0.25, 0.3) is 0 Å². The van der Waals surface area contributed by atoms with E-state index in [2.05, 4.69) is 0 Å². The lowest BCUT2D eigenvalue weighted by atomic mass is 9.98. The van der Waals surface area contributed by atoms with Crippen LogP contribution < -0.4 is 9.64 Å². The van der Waals surface area contributed by atoms with Gasteiger partial charge in [0.2, 0.25) is 11.8 Å². The van der Waals surface area contributed by atoms with Gasteiger partial charge in [0.05, 0.1) is 7.11 Å². The predicted octanol–water partition coefficient (Wildman–Crippen LogP) is 1.56. The molecule has 0 bridgehead atoms. The first kappa shape index (κ1) is 13.9. The summed E-state index contributed by atoms with van der Waals surface area (Å²) in [6, 6.07) is 3.83. The minimum atomic E-state index is -0.490. The Morgan fingerprint density at radius 1 is 1.29 bits per heavy atom. The highest BCUT2D eigenvalue weighted by Crippen LogP contribution is 2.29. The molecule has 0 N–H and O–H groups in total. The van der Waals surface area contributed by atoms with E-state index >= 15 is 0 Å². The van der Waals surface area contributed by atoms with Crippen LogP contribution in [0.2, 0.25) is 0 Å². The van der Waals surface area contributed by atoms with E-state index in [1.165, 1.54) is 30.2 Å². The number of halogens is 1. The number of hydrogen-bond acceptors (Lipinski definition) is 3. The largest absolute Gasteiger partial charge is 0.494 e. The molecule has 1 aromatic carbocycles. The second-order valence-electron chi connectivity index (χ2n) is 5.34. The van der Waals surface area contributed by atoms with Gasteiger partial charge in [0, 0.05) is 18.3 Å². The maximum Gasteiger partial charge on any atom is 0.250 e. The zero-order valence-electron chi connectivity index (χ0n) is 11.8. The third kappa shape index (κ3) is 2.34. The van der Waals surface area contributed by atoms with Gasteiger partial charge >= 0.3 is 0 Å². The first-order valence-corrected chi connectivity index (χ1v) is 7.06. The molecule has 6 heteroatoms. The van der Waals surface area contributed by atoms with Crippen LogP contribution >= 0.6 is 0 Å². The van der Waals surface area contributed by atoms with Crippen LogP contribution in [0, 0.1) is 5.82 Å². The van der Waals surface area contributed by atoms with E-state index in [0.29, 0.717) is 18.7 Å². The van der Waals surface area contributed by atoms with Crippen molar-refractivity contribution >= 4 is 17.5 Å². The highest BCUT2D eigenvalue weighted by Gasteiger charge is 2.41. The average Bonchev–Trinajstić information content (AvgIpc) is 2.51. The fraction of sp³-hybridized carbons (Fsp3) is 0.467. The molecular weight excluding hydrogens is 275 g/mol. The van der Waals surface area contributed by atoms with Crippen LogP contribution in [0.4, 0.5) is 10.1 Å². The molecule has 2 fully saturated rings. The van der Waals surface area contributed by atoms with Gasteiger partial charge in [-0.3, -0.25) is 9.59 Å². The van der Waals surface area contributed by atoms with E-state index in [-0.39, 0.29) is 30.2 Å². The predicted molar refractivity (Wildman–Crippen MR) is 74.7 cm³/mol. The van der Waals surface area contributed by atoms with E-state index < -0.39 is 5.82 Å². The number of nitrogens with zero attached hydrogens (tertiary/aromatic N) is 2. The summed E-state index contributed by atoms with van der Waals surface area (Å²) in [7, 11) is 1.37. The number of carbonyl (C=O) groups is 2. The van der Waals surface area contributed by atoms with Crippen molar-refractivity contribution in [1.29, 1.82) is 0 Å². The number of methoxy groups -OCH3 is 1. The number of benzene rings is 1. The number of rotatable bonds is 2. The van der Waals surface area contributed by atoms with Crippen LogP contribution in [0.5, 0.6) is 5.75 Å². The molecule has 0 radical (unpaired) electrons. The maximum absolute atomic E-state index is 13.5. The third-order valence-corrected chi connectivity index (χ3v) is 4.11. The van der Waals surface area contributed by atoms with Crippen molar-refractivity contribution < 1.29 is 18.7 Å². The van der Waals surface area contributed by atoms with Gasteiger partial charge in [0.25, 0.3) is 0 Å². The van der Waals surface area contributed by atoms with Crippen molar-refractivity contribution in [2.45, 2.75) is 25.3 Å². The van der Waals surface area contributed by atoms with Gasteiger partial charge in [0.1, 0.15) is 12.6 Å². The molecule has 2 saturated heterocycles. The van der Waals surface area contributed by atoms with Crippen LogP contribution in [-0.4, -0.2) is 43.0 Å². The van der Waals surface area contributed by atoms with Crippen molar-refractivity contribution in [2.75, 3.05) is 25.1 Å². The van der Waals surface area contributed by atoms with E-state index in [9.17, 15) is 14.0 Å². The molecule has 1 aromatic rings. The van der Waals surface area contributed by atoms with Crippen LogP contribution in [0.15, 0.2) is 18.2 Å². The van der Waals surface area contributed by atoms with E-state index in [0.717, 1.165) is 12.8 Å². The Balaban J connectivity index is 1.91. The van der Waals surface area contributed by atoms with Crippen LogP contribution in [-0.2, 0) is 9.59 Å². The summed E-state index contributed by atoms with van der Waals surface area (Å²) in [5.74, 6) is -0.569. The number of anilines is 1. The van der Waals surface area contributed by atoms with E-state index in [1.54, 1.807) is 4.90 Å². The number of ether oxygens (including phenoxy) is 1. The van der Waals surface area contributed by atoms with E-state index in [1.807, 2.05) is 0 Å². The minimum Gasteiger partial charge on any atom is -0.494 e. The average molecular weight is 292 g/mol. The molecule has 2 aliphatic heterocycles. The van der Waals surface area contributed by atoms with Crippen LogP contribution in [0.3, 0.4) is 0 Å². The summed E-state index contributed by atoms with van der Waals surface area (Å²) in [5, 5.41) is 0. The van der Waals surface area contributed by atoms with E-state index in [4.69, 9.17) is 4.74 Å². The van der Waals surface area contributed by atoms with Gasteiger partial charge in [-0.2, -0.15) is 0 Å². The lowest BCUT2D eigenvalue weighted by Crippen LogP contribution is -2.61. The zero-order valence-corrected chi connectivity index (χ0v) is 11.8. The van der Waals surface area contributed by atoms with Crippen molar-refractivity contribution in [3.8, 4) is 5.75 Å². The van der Waals surface area contributed by atoms with Crippen molar-refractivity contribution in [2.24, 2.45) is 0 Å². The van der Waals surface area contributed by atoms with Crippen molar-refractivity contribution in [1.82, 2.24) is 4.90 Å². The van der Waals surface area contributed by atoms with Gasteiger partial charge in [-0.05, 0) is 31.4 Å². The number of amides is 2. The standard InChI is InChI=1S/C15H17FN2O3/c1-21-13-8-10(5-6-11(13)16)18-9-14(19)17-7-3-2-4-12(17)15(18)20/h5-6,8,12H,2-4,7,9H2,1H3. The molecule has 0 aromatic heterocycles. The number of hydrogen-bond donors (Lipinski definition) is 0. The first-order valence-electron chi connectivity index (χ1n) is 7.06. The highest BCUT2D eigenvalue weighted by atomic mass is 19.1. The monoisotopic (exact) mass is 292 g/mol. The maximum atomic E-state index is 13.5. The molecule has 0 spiro atoms. The molecule has 1 atom stereocenters. The highest BCUT2D eigenvalue weighted by molar-refractivity contribution is 6.06. The molecule has 1 unspecified atom stereocenters. The quantitative estimate of drug-likeness (QED) is 0.831. The molecule has 3 rings (SSSR count). The molecule has 0 saturated carbocycles. The normalized spacial score (nSPS) is 22.3. The summed E-state index contributed by atoms with van der Waals surface area (Å²) >= 11 is 0. The molecule has 21 heavy (non-hydrogen) atoms. The van der Waals surface area contributed by atoms with Crippen molar-refractivity contribution in [3.05, 3.63) is 24.0 Å². The second kappa shape index (κ2) is 5.35. The molecule has 112 valence electrons. The van der Waals surface area contributed by atoms with Gasteiger partial charge in [-0.25, -0.2) is 4.39 Å². The summed E-state index contributed by atoms with van der Waals surface area (Å²) < 4.78 is 18.4. The fourth-order valence-electron chi connectivity index (χ4n) is 3.01. The fourth-order valence-corrected chi connectivity index (χ4v) is 3.01. The van der Waals surface area contributed by atoms with Gasteiger partial charge < -0.3 is 14.5 Å². The second-order valence-corrected chi connectivity index (χ2v) is 5.34. The molecule has 0 aliphatic carbocycles. The Bertz CT molecular complexity index is 590. The minimum absolute atomic E-state index is 0.00409. The summed E-state index contributed by atoms with van der Waals surface area (Å²) in [4.78, 5) is 27.9. The molecule has 2 amide bonds. The summed E-state index contributed by atoms with van der Waals surface area (Å²) in [5.41, 5.74) is 0.497. The molecule has 5 nitrogen and oxygen atoms in total. The SMILES string of the molecule is COc1cc(N2CC(=O)N3CCCCC3C2=O)ccc1F. The van der Waals surface area contributed by atoms with Gasteiger partial charge in [0.15, 0.2) is 11.6 Å². The Hall–Kier alpha value is -2.11.